The van der Waals surface area contributed by atoms with E-state index >= 15 is 0 Å². The van der Waals surface area contributed by atoms with Gasteiger partial charge in [0, 0.05) is 39.7 Å². The molecule has 1 atom stereocenters. The lowest BCUT2D eigenvalue weighted by Gasteiger charge is -2.25. The molecule has 8 nitrogen and oxygen atoms in total. The molecule has 1 aromatic carbocycles. The van der Waals surface area contributed by atoms with E-state index in [9.17, 15) is 0 Å². The smallest absolute Gasteiger partial charge is 0.191 e. The normalized spacial score (nSPS) is 16.9. The van der Waals surface area contributed by atoms with E-state index in [1.54, 1.807) is 14.2 Å². The summed E-state index contributed by atoms with van der Waals surface area (Å²) in [5, 5.41) is 11.4. The maximum absolute atomic E-state index is 5.13. The molecule has 1 aliphatic heterocycles. The van der Waals surface area contributed by atoms with Crippen LogP contribution in [0.25, 0.3) is 0 Å². The Morgan fingerprint density at radius 1 is 1.29 bits per heavy atom. The minimum Gasteiger partial charge on any atom is -0.377 e. The van der Waals surface area contributed by atoms with Gasteiger partial charge in [0.05, 0.1) is 6.54 Å². The standard InChI is InChI=1S/C20H31N7O/c1-21-20(22-11-15-5-7-16(8-6-15)12-26(2)3)23-17-9-10-19-24-18(14-28-4)25-27(19)13-17/h5-8,17H,9-14H2,1-4H3,(H2,21,22,23). The van der Waals surface area contributed by atoms with Crippen molar-refractivity contribution in [3.05, 3.63) is 47.0 Å². The lowest BCUT2D eigenvalue weighted by Crippen LogP contribution is -2.46. The number of aryl methyl sites for hydroxylation is 1. The minimum absolute atomic E-state index is 0.276. The number of aromatic nitrogens is 3. The third kappa shape index (κ3) is 5.53. The van der Waals surface area contributed by atoms with Crippen LogP contribution in [0.15, 0.2) is 29.3 Å². The number of benzene rings is 1. The van der Waals surface area contributed by atoms with E-state index in [0.717, 1.165) is 50.1 Å². The highest BCUT2D eigenvalue weighted by Gasteiger charge is 2.22. The van der Waals surface area contributed by atoms with Gasteiger partial charge in [0.1, 0.15) is 12.4 Å². The van der Waals surface area contributed by atoms with Gasteiger partial charge in [-0.15, -0.1) is 0 Å². The van der Waals surface area contributed by atoms with Crippen LogP contribution >= 0.6 is 0 Å². The molecule has 28 heavy (non-hydrogen) atoms. The van der Waals surface area contributed by atoms with Crippen molar-refractivity contribution >= 4 is 5.96 Å². The number of hydrogen-bond acceptors (Lipinski definition) is 5. The van der Waals surface area contributed by atoms with E-state index in [1.807, 2.05) is 4.68 Å². The SMILES string of the molecule is CN=C(NCc1ccc(CN(C)C)cc1)NC1CCc2nc(COC)nn2C1. The van der Waals surface area contributed by atoms with Gasteiger partial charge in [-0.05, 0) is 31.6 Å². The first-order valence-corrected chi connectivity index (χ1v) is 9.68. The average molecular weight is 386 g/mol. The fourth-order valence-corrected chi connectivity index (χ4v) is 3.37. The zero-order valence-electron chi connectivity index (χ0n) is 17.3. The van der Waals surface area contributed by atoms with E-state index in [0.29, 0.717) is 6.61 Å². The predicted octanol–water partition coefficient (Wildman–Crippen LogP) is 1.17. The molecule has 0 amide bonds. The molecule has 0 spiro atoms. The largest absolute Gasteiger partial charge is 0.377 e. The van der Waals surface area contributed by atoms with Crippen molar-refractivity contribution in [2.45, 2.75) is 45.1 Å². The first kappa shape index (κ1) is 20.3. The molecule has 0 saturated heterocycles. The maximum Gasteiger partial charge on any atom is 0.191 e. The van der Waals surface area contributed by atoms with Gasteiger partial charge in [-0.3, -0.25) is 4.99 Å². The summed E-state index contributed by atoms with van der Waals surface area (Å²) in [5.74, 6) is 2.59. The van der Waals surface area contributed by atoms with E-state index in [1.165, 1.54) is 11.1 Å². The van der Waals surface area contributed by atoms with Crippen LogP contribution in [0.2, 0.25) is 0 Å². The van der Waals surface area contributed by atoms with Gasteiger partial charge < -0.3 is 20.3 Å². The third-order valence-electron chi connectivity index (χ3n) is 4.72. The summed E-state index contributed by atoms with van der Waals surface area (Å²) in [7, 11) is 7.62. The van der Waals surface area contributed by atoms with Gasteiger partial charge >= 0.3 is 0 Å². The summed E-state index contributed by atoms with van der Waals surface area (Å²) in [6.07, 6.45) is 1.91. The second-order valence-corrected chi connectivity index (χ2v) is 7.42. The lowest BCUT2D eigenvalue weighted by molar-refractivity contribution is 0.177. The van der Waals surface area contributed by atoms with Crippen LogP contribution in [-0.2, 0) is 37.4 Å². The highest BCUT2D eigenvalue weighted by atomic mass is 16.5. The first-order valence-electron chi connectivity index (χ1n) is 9.68. The number of aliphatic imine (C=N–C) groups is 1. The number of rotatable bonds is 7. The Hall–Kier alpha value is -2.45. The summed E-state index contributed by atoms with van der Waals surface area (Å²) in [4.78, 5) is 11.1. The highest BCUT2D eigenvalue weighted by molar-refractivity contribution is 5.79. The van der Waals surface area contributed by atoms with Crippen LogP contribution in [0.1, 0.15) is 29.2 Å². The molecule has 152 valence electrons. The fraction of sp³-hybridized carbons (Fsp3) is 0.550. The molecular formula is C20H31N7O. The number of guanidine groups is 1. The van der Waals surface area contributed by atoms with Gasteiger partial charge in [0.2, 0.25) is 0 Å². The van der Waals surface area contributed by atoms with Crippen LogP contribution < -0.4 is 10.6 Å². The molecule has 2 N–H and O–H groups in total. The molecule has 3 rings (SSSR count). The Morgan fingerprint density at radius 2 is 2.04 bits per heavy atom. The minimum atomic E-state index is 0.276. The predicted molar refractivity (Wildman–Crippen MR) is 110 cm³/mol. The summed E-state index contributed by atoms with van der Waals surface area (Å²) in [6, 6.07) is 8.96. The molecular weight excluding hydrogens is 354 g/mol. The number of methoxy groups -OCH3 is 1. The van der Waals surface area contributed by atoms with Crippen molar-refractivity contribution in [3.63, 3.8) is 0 Å². The van der Waals surface area contributed by atoms with Gasteiger partial charge in [-0.25, -0.2) is 9.67 Å². The number of nitrogens with one attached hydrogen (secondary N) is 2. The Balaban J connectivity index is 1.50. The Bertz CT molecular complexity index is 782. The summed E-state index contributed by atoms with van der Waals surface area (Å²) in [6.45, 7) is 2.93. The molecule has 1 aliphatic rings. The molecule has 2 aromatic rings. The molecule has 0 saturated carbocycles. The van der Waals surface area contributed by atoms with E-state index in [4.69, 9.17) is 4.74 Å². The van der Waals surface area contributed by atoms with Crippen molar-refractivity contribution in [1.82, 2.24) is 30.3 Å². The van der Waals surface area contributed by atoms with Crippen molar-refractivity contribution in [1.29, 1.82) is 0 Å². The third-order valence-corrected chi connectivity index (χ3v) is 4.72. The summed E-state index contributed by atoms with van der Waals surface area (Å²) >= 11 is 0. The van der Waals surface area contributed by atoms with Crippen molar-refractivity contribution in [2.24, 2.45) is 4.99 Å². The zero-order chi connectivity index (χ0) is 19.9. The molecule has 8 heteroatoms. The molecule has 1 aromatic heterocycles. The van der Waals surface area contributed by atoms with Crippen LogP contribution in [0.5, 0.6) is 0 Å². The Kier molecular flexibility index (Phi) is 7.00. The van der Waals surface area contributed by atoms with Crippen LogP contribution in [0, 0.1) is 0 Å². The molecule has 0 radical (unpaired) electrons. The van der Waals surface area contributed by atoms with Crippen LogP contribution in [0.3, 0.4) is 0 Å². The van der Waals surface area contributed by atoms with Crippen molar-refractivity contribution in [2.75, 3.05) is 28.3 Å². The maximum atomic E-state index is 5.13. The monoisotopic (exact) mass is 385 g/mol. The second kappa shape index (κ2) is 9.66. The molecule has 0 fully saturated rings. The van der Waals surface area contributed by atoms with Gasteiger partial charge in [0.25, 0.3) is 0 Å². The second-order valence-electron chi connectivity index (χ2n) is 7.42. The number of hydrogen-bond donors (Lipinski definition) is 2. The topological polar surface area (TPSA) is 79.6 Å². The fourth-order valence-electron chi connectivity index (χ4n) is 3.37. The van der Waals surface area contributed by atoms with Gasteiger partial charge in [-0.1, -0.05) is 24.3 Å². The molecule has 1 unspecified atom stereocenters. The van der Waals surface area contributed by atoms with Crippen LogP contribution in [0.4, 0.5) is 0 Å². The van der Waals surface area contributed by atoms with E-state index in [2.05, 4.69) is 69.0 Å². The first-order chi connectivity index (χ1) is 13.6. The summed E-state index contributed by atoms with van der Waals surface area (Å²) < 4.78 is 7.11. The van der Waals surface area contributed by atoms with Gasteiger partial charge in [-0.2, -0.15) is 5.10 Å². The van der Waals surface area contributed by atoms with Gasteiger partial charge in [0.15, 0.2) is 11.8 Å². The lowest BCUT2D eigenvalue weighted by atomic mass is 10.1. The van der Waals surface area contributed by atoms with Crippen molar-refractivity contribution in [3.8, 4) is 0 Å². The van der Waals surface area contributed by atoms with E-state index < -0.39 is 0 Å². The highest BCUT2D eigenvalue weighted by Crippen LogP contribution is 2.13. The zero-order valence-corrected chi connectivity index (χ0v) is 17.3. The molecule has 0 bridgehead atoms. The van der Waals surface area contributed by atoms with E-state index in [-0.39, 0.29) is 6.04 Å². The molecule has 2 heterocycles. The Labute approximate surface area is 167 Å². The van der Waals surface area contributed by atoms with Crippen molar-refractivity contribution < 1.29 is 4.74 Å². The average Bonchev–Trinajstić information content (AvgIpc) is 3.07. The summed E-state index contributed by atoms with van der Waals surface area (Å²) in [5.41, 5.74) is 2.55. The molecule has 0 aliphatic carbocycles. The quantitative estimate of drug-likeness (QED) is 0.550. The number of fused-ring (bicyclic) bond motifs is 1. The number of nitrogens with zero attached hydrogens (tertiary/aromatic N) is 5. The number of ether oxygens (including phenoxy) is 1. The Morgan fingerprint density at radius 3 is 2.71 bits per heavy atom. The van der Waals surface area contributed by atoms with Crippen LogP contribution in [-0.4, -0.2) is 59.9 Å².